The zero-order valence-electron chi connectivity index (χ0n) is 18.8. The topological polar surface area (TPSA) is 103 Å². The average molecular weight is 467 g/mol. The monoisotopic (exact) mass is 467 g/mol. The number of ether oxygens (including phenoxy) is 2. The van der Waals surface area contributed by atoms with Crippen molar-refractivity contribution in [1.29, 1.82) is 0 Å². The van der Waals surface area contributed by atoms with Crippen molar-refractivity contribution in [1.82, 2.24) is 4.98 Å². The zero-order chi connectivity index (χ0) is 24.8. The lowest BCUT2D eigenvalue weighted by molar-refractivity contribution is -0.146. The van der Waals surface area contributed by atoms with Crippen molar-refractivity contribution in [3.63, 3.8) is 0 Å². The molecular formula is C28H21NO6. The lowest BCUT2D eigenvalue weighted by atomic mass is 10.0. The summed E-state index contributed by atoms with van der Waals surface area (Å²) in [4.78, 5) is 40.3. The second-order valence-corrected chi connectivity index (χ2v) is 7.60. The molecule has 0 amide bonds. The highest BCUT2D eigenvalue weighted by atomic mass is 16.5. The number of fused-ring (bicyclic) bond motifs is 1. The van der Waals surface area contributed by atoms with Gasteiger partial charge in [0.1, 0.15) is 12.4 Å². The second kappa shape index (κ2) is 10.4. The van der Waals surface area contributed by atoms with Gasteiger partial charge in [-0.1, -0.05) is 54.6 Å². The maximum Gasteiger partial charge on any atom is 0.377 e. The van der Waals surface area contributed by atoms with Crippen molar-refractivity contribution >= 4 is 40.3 Å². The number of carbonyl (C=O) groups excluding carboxylic acids is 2. The summed E-state index contributed by atoms with van der Waals surface area (Å²) in [5.41, 5.74) is 2.62. The maximum absolute atomic E-state index is 12.6. The molecule has 0 spiro atoms. The van der Waals surface area contributed by atoms with Crippen LogP contribution in [-0.2, 0) is 20.9 Å². The van der Waals surface area contributed by atoms with Crippen LogP contribution in [0.5, 0.6) is 5.75 Å². The number of benzene rings is 3. The van der Waals surface area contributed by atoms with Gasteiger partial charge in [0.25, 0.3) is 5.78 Å². The SMILES string of the molecule is COC(=O)c1ccc(COc2ccccc2C=C(C(=O)C(=O)O)c2ccc3ccccc3n2)cc1. The predicted molar refractivity (Wildman–Crippen MR) is 131 cm³/mol. The molecule has 174 valence electrons. The third kappa shape index (κ3) is 5.42. The predicted octanol–water partition coefficient (Wildman–Crippen LogP) is 4.79. The number of carboxylic acid groups (broad SMARTS) is 1. The molecule has 0 unspecified atom stereocenters. The zero-order valence-corrected chi connectivity index (χ0v) is 18.8. The summed E-state index contributed by atoms with van der Waals surface area (Å²) in [6.45, 7) is 0.197. The van der Waals surface area contributed by atoms with Crippen LogP contribution in [-0.4, -0.2) is 34.9 Å². The van der Waals surface area contributed by atoms with Gasteiger partial charge < -0.3 is 14.6 Å². The van der Waals surface area contributed by atoms with Gasteiger partial charge >= 0.3 is 11.9 Å². The van der Waals surface area contributed by atoms with E-state index in [9.17, 15) is 19.5 Å². The van der Waals surface area contributed by atoms with Crippen LogP contribution >= 0.6 is 0 Å². The Morgan fingerprint density at radius 3 is 2.34 bits per heavy atom. The van der Waals surface area contributed by atoms with Crippen LogP contribution in [0, 0.1) is 0 Å². The summed E-state index contributed by atoms with van der Waals surface area (Å²) < 4.78 is 10.7. The Balaban J connectivity index is 1.66. The van der Waals surface area contributed by atoms with Crippen molar-refractivity contribution in [2.24, 2.45) is 0 Å². The summed E-state index contributed by atoms with van der Waals surface area (Å²) in [6, 6.07) is 24.6. The summed E-state index contributed by atoms with van der Waals surface area (Å²) in [5, 5.41) is 10.3. The lowest BCUT2D eigenvalue weighted by Crippen LogP contribution is -2.15. The minimum Gasteiger partial charge on any atom is -0.488 e. The molecule has 0 atom stereocenters. The highest BCUT2D eigenvalue weighted by Gasteiger charge is 2.21. The van der Waals surface area contributed by atoms with Crippen molar-refractivity contribution in [2.45, 2.75) is 6.61 Å². The maximum atomic E-state index is 12.6. The van der Waals surface area contributed by atoms with Gasteiger partial charge in [-0.2, -0.15) is 0 Å². The molecule has 4 rings (SSSR count). The van der Waals surface area contributed by atoms with Crippen molar-refractivity contribution in [2.75, 3.05) is 7.11 Å². The number of aliphatic carboxylic acids is 1. The van der Waals surface area contributed by atoms with Gasteiger partial charge in [-0.3, -0.25) is 4.79 Å². The van der Waals surface area contributed by atoms with Crippen LogP contribution in [0.25, 0.3) is 22.6 Å². The summed E-state index contributed by atoms with van der Waals surface area (Å²) >= 11 is 0. The van der Waals surface area contributed by atoms with Gasteiger partial charge in [0.2, 0.25) is 0 Å². The number of esters is 1. The molecule has 0 aliphatic heterocycles. The number of hydrogen-bond acceptors (Lipinski definition) is 6. The van der Waals surface area contributed by atoms with E-state index in [4.69, 9.17) is 9.47 Å². The second-order valence-electron chi connectivity index (χ2n) is 7.60. The Kier molecular flexibility index (Phi) is 6.97. The third-order valence-electron chi connectivity index (χ3n) is 5.30. The third-order valence-corrected chi connectivity index (χ3v) is 5.30. The Morgan fingerprint density at radius 1 is 0.886 bits per heavy atom. The highest BCUT2D eigenvalue weighted by Crippen LogP contribution is 2.27. The number of nitrogens with zero attached hydrogens (tertiary/aromatic N) is 1. The number of carbonyl (C=O) groups is 3. The fourth-order valence-electron chi connectivity index (χ4n) is 3.49. The van der Waals surface area contributed by atoms with E-state index in [0.717, 1.165) is 10.9 Å². The van der Waals surface area contributed by atoms with E-state index in [1.165, 1.54) is 13.2 Å². The summed E-state index contributed by atoms with van der Waals surface area (Å²) in [6.07, 6.45) is 1.48. The minimum atomic E-state index is -1.57. The molecule has 1 N–H and O–H groups in total. The van der Waals surface area contributed by atoms with Gasteiger partial charge in [-0.15, -0.1) is 0 Å². The number of ketones is 1. The van der Waals surface area contributed by atoms with Gasteiger partial charge in [0.05, 0.1) is 29.5 Å². The molecule has 0 saturated heterocycles. The number of rotatable bonds is 8. The number of Topliss-reactive ketones (excluding diaryl/α,β-unsaturated/α-hetero) is 1. The first kappa shape index (κ1) is 23.4. The molecule has 0 radical (unpaired) electrons. The largest absolute Gasteiger partial charge is 0.488 e. The molecule has 7 nitrogen and oxygen atoms in total. The Labute approximate surface area is 201 Å². The molecule has 1 aromatic heterocycles. The first-order valence-corrected chi connectivity index (χ1v) is 10.7. The highest BCUT2D eigenvalue weighted by molar-refractivity contribution is 6.52. The van der Waals surface area contributed by atoms with Crippen LogP contribution in [0.2, 0.25) is 0 Å². The van der Waals surface area contributed by atoms with E-state index in [2.05, 4.69) is 4.98 Å². The summed E-state index contributed by atoms with van der Waals surface area (Å²) in [5.74, 6) is -2.61. The smallest absolute Gasteiger partial charge is 0.377 e. The van der Waals surface area contributed by atoms with E-state index in [1.54, 1.807) is 66.7 Å². The number of aromatic nitrogens is 1. The average Bonchev–Trinajstić information content (AvgIpc) is 2.90. The lowest BCUT2D eigenvalue weighted by Gasteiger charge is -2.11. The number of methoxy groups -OCH3 is 1. The Morgan fingerprint density at radius 2 is 1.60 bits per heavy atom. The molecule has 3 aromatic carbocycles. The number of carboxylic acids is 1. The first-order chi connectivity index (χ1) is 17.0. The van der Waals surface area contributed by atoms with Gasteiger partial charge in [-0.25, -0.2) is 14.6 Å². The van der Waals surface area contributed by atoms with Crippen LogP contribution in [0.15, 0.2) is 84.9 Å². The molecule has 1 heterocycles. The molecule has 35 heavy (non-hydrogen) atoms. The van der Waals surface area contributed by atoms with E-state index in [0.29, 0.717) is 22.4 Å². The van der Waals surface area contributed by atoms with Crippen LogP contribution in [0.1, 0.15) is 27.2 Å². The fraction of sp³-hybridized carbons (Fsp3) is 0.0714. The molecule has 0 bridgehead atoms. The fourth-order valence-corrected chi connectivity index (χ4v) is 3.49. The van der Waals surface area contributed by atoms with Crippen LogP contribution in [0.4, 0.5) is 0 Å². The molecule has 0 fully saturated rings. The normalized spacial score (nSPS) is 11.2. The minimum absolute atomic E-state index is 0.0540. The quantitative estimate of drug-likeness (QED) is 0.226. The molecule has 0 saturated carbocycles. The van der Waals surface area contributed by atoms with E-state index >= 15 is 0 Å². The molecule has 4 aromatic rings. The van der Waals surface area contributed by atoms with Gasteiger partial charge in [-0.05, 0) is 42.0 Å². The van der Waals surface area contributed by atoms with E-state index in [1.807, 2.05) is 18.2 Å². The van der Waals surface area contributed by atoms with Crippen molar-refractivity contribution < 1.29 is 29.0 Å². The Bertz CT molecular complexity index is 1440. The van der Waals surface area contributed by atoms with E-state index in [-0.39, 0.29) is 17.9 Å². The van der Waals surface area contributed by atoms with E-state index < -0.39 is 17.7 Å². The van der Waals surface area contributed by atoms with Crippen molar-refractivity contribution in [3.8, 4) is 5.75 Å². The number of para-hydroxylation sites is 2. The molecular weight excluding hydrogens is 446 g/mol. The van der Waals surface area contributed by atoms with Crippen LogP contribution < -0.4 is 4.74 Å². The molecule has 0 aliphatic rings. The first-order valence-electron chi connectivity index (χ1n) is 10.7. The van der Waals surface area contributed by atoms with Gasteiger partial charge in [0.15, 0.2) is 0 Å². The Hall–Kier alpha value is -4.78. The number of pyridine rings is 1. The summed E-state index contributed by atoms with van der Waals surface area (Å²) in [7, 11) is 1.32. The molecule has 0 aliphatic carbocycles. The standard InChI is InChI=1S/C28H21NO6/c1-34-28(33)20-12-10-18(11-13-20)17-35-25-9-5-3-7-21(25)16-22(26(30)27(31)32)24-15-14-19-6-2-4-8-23(19)29-24/h2-16H,17H2,1H3,(H,31,32). The van der Waals surface area contributed by atoms with Crippen molar-refractivity contribution in [3.05, 3.63) is 107 Å². The molecule has 7 heteroatoms. The van der Waals surface area contributed by atoms with Gasteiger partial charge in [0, 0.05) is 10.9 Å². The van der Waals surface area contributed by atoms with Crippen LogP contribution in [0.3, 0.4) is 0 Å². The number of hydrogen-bond donors (Lipinski definition) is 1.